The largest absolute Gasteiger partial charge is 0.337 e. The summed E-state index contributed by atoms with van der Waals surface area (Å²) in [6.45, 7) is 5.98. The van der Waals surface area contributed by atoms with Crippen molar-refractivity contribution in [1.82, 2.24) is 24.9 Å². The Morgan fingerprint density at radius 1 is 1.16 bits per heavy atom. The maximum absolute atomic E-state index is 12.6. The Hall–Kier alpha value is -3.42. The zero-order valence-corrected chi connectivity index (χ0v) is 18.0. The van der Waals surface area contributed by atoms with E-state index in [1.165, 1.54) is 0 Å². The molecule has 1 aromatic carbocycles. The lowest BCUT2D eigenvalue weighted by Gasteiger charge is -2.31. The van der Waals surface area contributed by atoms with Gasteiger partial charge < -0.3 is 10.2 Å². The highest BCUT2D eigenvalue weighted by molar-refractivity contribution is 5.93. The van der Waals surface area contributed by atoms with Gasteiger partial charge in [0.15, 0.2) is 5.82 Å². The Labute approximate surface area is 181 Å². The monoisotopic (exact) mass is 420 g/mol. The Morgan fingerprint density at radius 2 is 1.90 bits per heavy atom. The second-order valence-electron chi connectivity index (χ2n) is 7.98. The summed E-state index contributed by atoms with van der Waals surface area (Å²) in [5, 5.41) is 14.6. The summed E-state index contributed by atoms with van der Waals surface area (Å²) in [5.41, 5.74) is 3.36. The fraction of sp³-hybridized carbons (Fsp3) is 0.391. The number of carbonyl (C=O) groups is 2. The Kier molecular flexibility index (Phi) is 6.16. The van der Waals surface area contributed by atoms with Gasteiger partial charge in [0.1, 0.15) is 5.69 Å². The molecule has 2 aromatic heterocycles. The maximum Gasteiger partial charge on any atom is 0.274 e. The first-order valence-electron chi connectivity index (χ1n) is 10.8. The van der Waals surface area contributed by atoms with Crippen LogP contribution in [0.3, 0.4) is 0 Å². The molecule has 31 heavy (non-hydrogen) atoms. The lowest BCUT2D eigenvalue weighted by atomic mass is 9.93. The zero-order chi connectivity index (χ0) is 21.8. The Balaban J connectivity index is 1.29. The van der Waals surface area contributed by atoms with Gasteiger partial charge in [-0.3, -0.25) is 19.4 Å². The van der Waals surface area contributed by atoms with Crippen molar-refractivity contribution in [2.24, 2.45) is 5.92 Å². The molecule has 3 aromatic rings. The number of aromatic amines is 1. The highest BCUT2D eigenvalue weighted by Crippen LogP contribution is 2.27. The lowest BCUT2D eigenvalue weighted by molar-refractivity contribution is -0.117. The number of amides is 2. The lowest BCUT2D eigenvalue weighted by Crippen LogP contribution is -2.39. The first-order valence-corrected chi connectivity index (χ1v) is 10.8. The van der Waals surface area contributed by atoms with E-state index in [0.29, 0.717) is 31.0 Å². The van der Waals surface area contributed by atoms with Crippen LogP contribution in [0, 0.1) is 12.8 Å². The van der Waals surface area contributed by atoms with E-state index in [9.17, 15) is 9.59 Å². The van der Waals surface area contributed by atoms with Gasteiger partial charge in [0.25, 0.3) is 5.91 Å². The van der Waals surface area contributed by atoms with Gasteiger partial charge in [-0.15, -0.1) is 0 Å². The fourth-order valence-electron chi connectivity index (χ4n) is 4.00. The highest BCUT2D eigenvalue weighted by atomic mass is 16.2. The summed E-state index contributed by atoms with van der Waals surface area (Å²) in [7, 11) is 0. The van der Waals surface area contributed by atoms with Gasteiger partial charge in [0, 0.05) is 37.8 Å². The molecular weight excluding hydrogens is 392 g/mol. The molecule has 8 heteroatoms. The molecule has 0 saturated carbocycles. The summed E-state index contributed by atoms with van der Waals surface area (Å²) in [5.74, 6) is 0.754. The number of rotatable bonds is 6. The first-order chi connectivity index (χ1) is 15.0. The molecule has 0 aliphatic carbocycles. The summed E-state index contributed by atoms with van der Waals surface area (Å²) in [4.78, 5) is 27.0. The average Bonchev–Trinajstić information content (AvgIpc) is 3.41. The highest BCUT2D eigenvalue weighted by Gasteiger charge is 2.26. The van der Waals surface area contributed by atoms with Crippen LogP contribution in [-0.4, -0.2) is 49.8 Å². The first kappa shape index (κ1) is 20.8. The number of carbonyl (C=O) groups excluding carboxylic acids is 2. The molecule has 2 N–H and O–H groups in total. The molecule has 162 valence electrons. The minimum absolute atomic E-state index is 0.0318. The van der Waals surface area contributed by atoms with E-state index < -0.39 is 0 Å². The van der Waals surface area contributed by atoms with Crippen molar-refractivity contribution in [3.05, 3.63) is 53.9 Å². The molecule has 8 nitrogen and oxygen atoms in total. The van der Waals surface area contributed by atoms with Gasteiger partial charge in [0.05, 0.1) is 5.69 Å². The van der Waals surface area contributed by atoms with Gasteiger partial charge in [-0.2, -0.15) is 10.2 Å². The molecule has 0 unspecified atom stereocenters. The molecule has 0 atom stereocenters. The predicted octanol–water partition coefficient (Wildman–Crippen LogP) is 3.48. The van der Waals surface area contributed by atoms with E-state index in [1.54, 1.807) is 10.7 Å². The number of hydrogen-bond donors (Lipinski definition) is 2. The second-order valence-corrected chi connectivity index (χ2v) is 7.98. The van der Waals surface area contributed by atoms with Crippen molar-refractivity contribution in [3.8, 4) is 11.3 Å². The van der Waals surface area contributed by atoms with Crippen molar-refractivity contribution in [3.63, 3.8) is 0 Å². The van der Waals surface area contributed by atoms with Gasteiger partial charge in [0.2, 0.25) is 5.91 Å². The number of H-pyrrole nitrogens is 1. The quantitative estimate of drug-likeness (QED) is 0.638. The van der Waals surface area contributed by atoms with E-state index in [0.717, 1.165) is 36.2 Å². The van der Waals surface area contributed by atoms with Crippen LogP contribution in [-0.2, 0) is 11.3 Å². The average molecular weight is 421 g/mol. The number of aromatic nitrogens is 4. The number of anilines is 1. The molecular formula is C23H28N6O2. The second kappa shape index (κ2) is 9.16. The van der Waals surface area contributed by atoms with Crippen LogP contribution in [0.25, 0.3) is 11.3 Å². The Morgan fingerprint density at radius 3 is 2.58 bits per heavy atom. The number of hydrogen-bond acceptors (Lipinski definition) is 4. The third kappa shape index (κ3) is 4.68. The van der Waals surface area contributed by atoms with Crippen LogP contribution in [0.15, 0.2) is 42.6 Å². The van der Waals surface area contributed by atoms with E-state index >= 15 is 0 Å². The molecule has 0 radical (unpaired) electrons. The number of aryl methyl sites for hydroxylation is 1. The van der Waals surface area contributed by atoms with Crippen molar-refractivity contribution < 1.29 is 9.59 Å². The van der Waals surface area contributed by atoms with Crippen molar-refractivity contribution in [1.29, 1.82) is 0 Å². The SMILES string of the molecule is CCn1ccc(C(=O)N2CCC(CC(=O)Nc3n[nH]c(-c4ccccc4)c3C)CC2)n1. The van der Waals surface area contributed by atoms with E-state index in [2.05, 4.69) is 20.6 Å². The van der Waals surface area contributed by atoms with E-state index in [4.69, 9.17) is 0 Å². The molecule has 4 rings (SSSR count). The van der Waals surface area contributed by atoms with Crippen molar-refractivity contribution in [2.45, 2.75) is 39.7 Å². The van der Waals surface area contributed by atoms with Gasteiger partial charge >= 0.3 is 0 Å². The van der Waals surface area contributed by atoms with E-state index in [-0.39, 0.29) is 17.7 Å². The van der Waals surface area contributed by atoms with Crippen LogP contribution < -0.4 is 5.32 Å². The fourth-order valence-corrected chi connectivity index (χ4v) is 4.00. The predicted molar refractivity (Wildman–Crippen MR) is 119 cm³/mol. The summed E-state index contributed by atoms with van der Waals surface area (Å²) >= 11 is 0. The number of benzene rings is 1. The molecule has 1 saturated heterocycles. The summed E-state index contributed by atoms with van der Waals surface area (Å²) in [6, 6.07) is 11.7. The molecule has 0 bridgehead atoms. The van der Waals surface area contributed by atoms with Crippen LogP contribution in [0.5, 0.6) is 0 Å². The van der Waals surface area contributed by atoms with Crippen molar-refractivity contribution >= 4 is 17.6 Å². The molecule has 2 amide bonds. The molecule has 0 spiro atoms. The number of piperidine rings is 1. The minimum Gasteiger partial charge on any atom is -0.337 e. The van der Waals surface area contributed by atoms with Crippen LogP contribution in [0.2, 0.25) is 0 Å². The number of nitrogens with zero attached hydrogens (tertiary/aromatic N) is 4. The third-order valence-corrected chi connectivity index (χ3v) is 5.89. The van der Waals surface area contributed by atoms with Crippen LogP contribution in [0.4, 0.5) is 5.82 Å². The van der Waals surface area contributed by atoms with Crippen LogP contribution in [0.1, 0.15) is 42.2 Å². The Bertz CT molecular complexity index is 1050. The molecule has 3 heterocycles. The molecule has 1 aliphatic rings. The zero-order valence-electron chi connectivity index (χ0n) is 18.0. The normalized spacial score (nSPS) is 14.6. The topological polar surface area (TPSA) is 95.9 Å². The third-order valence-electron chi connectivity index (χ3n) is 5.89. The van der Waals surface area contributed by atoms with Gasteiger partial charge in [-0.1, -0.05) is 30.3 Å². The standard InChI is InChI=1S/C23H28N6O2/c1-3-29-14-11-19(27-29)23(31)28-12-9-17(10-13-28)15-20(30)24-22-16(2)21(25-26-22)18-7-5-4-6-8-18/h4-8,11,14,17H,3,9-10,12-13,15H2,1-2H3,(H2,24,25,26,30). The van der Waals surface area contributed by atoms with Gasteiger partial charge in [-0.25, -0.2) is 0 Å². The number of nitrogens with one attached hydrogen (secondary N) is 2. The van der Waals surface area contributed by atoms with Crippen molar-refractivity contribution in [2.75, 3.05) is 18.4 Å². The number of likely N-dealkylation sites (tertiary alicyclic amines) is 1. The molecule has 1 aliphatic heterocycles. The smallest absolute Gasteiger partial charge is 0.274 e. The maximum atomic E-state index is 12.6. The van der Waals surface area contributed by atoms with E-state index in [1.807, 2.05) is 55.3 Å². The van der Waals surface area contributed by atoms with Crippen LogP contribution >= 0.6 is 0 Å². The summed E-state index contributed by atoms with van der Waals surface area (Å²) < 4.78 is 1.75. The minimum atomic E-state index is -0.0410. The summed E-state index contributed by atoms with van der Waals surface area (Å²) in [6.07, 6.45) is 3.87. The molecule has 1 fully saturated rings. The van der Waals surface area contributed by atoms with Gasteiger partial charge in [-0.05, 0) is 44.2 Å².